The molecule has 1 heterocycles. The Balaban J connectivity index is 1.52. The lowest BCUT2D eigenvalue weighted by Crippen LogP contribution is -2.06. The quantitative estimate of drug-likeness (QED) is 0.161. The van der Waals surface area contributed by atoms with Gasteiger partial charge in [0, 0.05) is 11.6 Å². The number of alkyl halides is 3. The maximum absolute atomic E-state index is 12.9. The van der Waals surface area contributed by atoms with Crippen LogP contribution in [0, 0.1) is 10.1 Å². The number of aliphatic imine (C=N–C) groups is 1. The zero-order chi connectivity index (χ0) is 26.0. The molecule has 0 atom stereocenters. The van der Waals surface area contributed by atoms with Gasteiger partial charge in [0.15, 0.2) is 5.70 Å². The number of hydrogen-bond donors (Lipinski definition) is 0. The number of halogens is 3. The first-order valence-electron chi connectivity index (χ1n) is 10.8. The van der Waals surface area contributed by atoms with Gasteiger partial charge in [-0.2, -0.15) is 13.2 Å². The number of nitro benzene ring substituents is 1. The fourth-order valence-electron chi connectivity index (χ4n) is 3.38. The Bertz CT molecular complexity index is 1380. The lowest BCUT2D eigenvalue weighted by molar-refractivity contribution is -0.385. The van der Waals surface area contributed by atoms with Crippen LogP contribution in [0.3, 0.4) is 0 Å². The van der Waals surface area contributed by atoms with Crippen molar-refractivity contribution in [1.29, 1.82) is 0 Å². The summed E-state index contributed by atoms with van der Waals surface area (Å²) in [6, 6.07) is 15.6. The Morgan fingerprint density at radius 2 is 1.69 bits per heavy atom. The fourth-order valence-corrected chi connectivity index (χ4v) is 3.38. The van der Waals surface area contributed by atoms with E-state index in [-0.39, 0.29) is 23.1 Å². The van der Waals surface area contributed by atoms with Gasteiger partial charge in [-0.25, -0.2) is 9.79 Å². The predicted molar refractivity (Wildman–Crippen MR) is 126 cm³/mol. The van der Waals surface area contributed by atoms with Crippen LogP contribution in [-0.2, 0) is 15.7 Å². The fraction of sp³-hybridized carbons (Fsp3) is 0.154. The van der Waals surface area contributed by atoms with Gasteiger partial charge in [-0.1, -0.05) is 38.1 Å². The molecule has 0 fully saturated rings. The Kier molecular flexibility index (Phi) is 6.61. The Labute approximate surface area is 203 Å². The normalized spacial score (nSPS) is 14.7. The molecule has 7 nitrogen and oxygen atoms in total. The molecule has 3 aromatic carbocycles. The lowest BCUT2D eigenvalue weighted by atomic mass is 10.0. The van der Waals surface area contributed by atoms with Gasteiger partial charge in [-0.3, -0.25) is 10.1 Å². The smallest absolute Gasteiger partial charge is 0.416 e. The Morgan fingerprint density at radius 3 is 2.28 bits per heavy atom. The first kappa shape index (κ1) is 24.6. The summed E-state index contributed by atoms with van der Waals surface area (Å²) in [6.07, 6.45) is -3.22. The van der Waals surface area contributed by atoms with Crippen LogP contribution < -0.4 is 4.74 Å². The minimum Gasteiger partial charge on any atom is -0.450 e. The van der Waals surface area contributed by atoms with Crippen molar-refractivity contribution in [2.45, 2.75) is 25.9 Å². The van der Waals surface area contributed by atoms with Crippen molar-refractivity contribution in [3.05, 3.63) is 105 Å². The number of rotatable bonds is 6. The van der Waals surface area contributed by atoms with Gasteiger partial charge in [-0.05, 0) is 59.5 Å². The number of nitrogens with zero attached hydrogens (tertiary/aromatic N) is 2. The average Bonchev–Trinajstić information content (AvgIpc) is 3.19. The van der Waals surface area contributed by atoms with Gasteiger partial charge in [0.2, 0.25) is 11.6 Å². The summed E-state index contributed by atoms with van der Waals surface area (Å²) in [5, 5.41) is 11.2. The summed E-state index contributed by atoms with van der Waals surface area (Å²) >= 11 is 0. The molecular formula is C26H19F3N2O5. The van der Waals surface area contributed by atoms with Crippen molar-refractivity contribution in [3.63, 3.8) is 0 Å². The van der Waals surface area contributed by atoms with Crippen molar-refractivity contribution in [3.8, 4) is 11.5 Å². The summed E-state index contributed by atoms with van der Waals surface area (Å²) in [7, 11) is 0. The highest BCUT2D eigenvalue weighted by Crippen LogP contribution is 2.38. The zero-order valence-corrected chi connectivity index (χ0v) is 19.1. The van der Waals surface area contributed by atoms with Crippen LogP contribution in [-0.4, -0.2) is 16.8 Å². The zero-order valence-electron chi connectivity index (χ0n) is 19.1. The lowest BCUT2D eigenvalue weighted by Gasteiger charge is -2.10. The average molecular weight is 496 g/mol. The molecular weight excluding hydrogens is 477 g/mol. The second-order valence-corrected chi connectivity index (χ2v) is 8.22. The molecule has 3 aromatic rings. The van der Waals surface area contributed by atoms with Crippen molar-refractivity contribution >= 4 is 23.6 Å². The standard InChI is InChI=1S/C26H19F3N2O5/c1-15(2)17-5-7-18(8-6-17)24-30-21(25(32)36-24)13-16-3-10-20(11-4-16)35-23-12-9-19(26(27,28)29)14-22(23)31(33)34/h3-15H,1-2H3/b21-13-. The molecule has 10 heteroatoms. The highest BCUT2D eigenvalue weighted by Gasteiger charge is 2.33. The SMILES string of the molecule is CC(C)c1ccc(C2=N/C(=C\c3ccc(Oc4ccc(C(F)(F)F)cc4[N+](=O)[O-])cc3)C(=O)O2)cc1. The van der Waals surface area contributed by atoms with Gasteiger partial charge < -0.3 is 9.47 Å². The summed E-state index contributed by atoms with van der Waals surface area (Å²) in [6.45, 7) is 4.15. The van der Waals surface area contributed by atoms with E-state index in [4.69, 9.17) is 9.47 Å². The second-order valence-electron chi connectivity index (χ2n) is 8.22. The van der Waals surface area contributed by atoms with Crippen LogP contribution in [0.25, 0.3) is 6.08 Å². The van der Waals surface area contributed by atoms with E-state index < -0.39 is 28.3 Å². The number of nitro groups is 1. The number of carbonyl (C=O) groups excluding carboxylic acids is 1. The summed E-state index contributed by atoms with van der Waals surface area (Å²) in [5.41, 5.74) is 0.499. The summed E-state index contributed by atoms with van der Waals surface area (Å²) < 4.78 is 49.4. The highest BCUT2D eigenvalue weighted by atomic mass is 19.4. The molecule has 4 rings (SSSR count). The minimum atomic E-state index is -4.72. The monoisotopic (exact) mass is 496 g/mol. The van der Waals surface area contributed by atoms with Crippen LogP contribution in [0.2, 0.25) is 0 Å². The molecule has 0 bridgehead atoms. The predicted octanol–water partition coefficient (Wildman–Crippen LogP) is 6.87. The molecule has 0 radical (unpaired) electrons. The largest absolute Gasteiger partial charge is 0.450 e. The van der Waals surface area contributed by atoms with Crippen LogP contribution >= 0.6 is 0 Å². The Morgan fingerprint density at radius 1 is 1.03 bits per heavy atom. The van der Waals surface area contributed by atoms with Crippen molar-refractivity contribution in [1.82, 2.24) is 0 Å². The van der Waals surface area contributed by atoms with Gasteiger partial charge in [0.1, 0.15) is 5.75 Å². The van der Waals surface area contributed by atoms with Crippen LogP contribution in [0.15, 0.2) is 77.4 Å². The molecule has 1 aliphatic heterocycles. The van der Waals surface area contributed by atoms with Gasteiger partial charge in [0.25, 0.3) is 0 Å². The molecule has 0 saturated heterocycles. The van der Waals surface area contributed by atoms with E-state index in [1.165, 1.54) is 18.2 Å². The molecule has 1 aliphatic rings. The summed E-state index contributed by atoms with van der Waals surface area (Å²) in [5.74, 6) is -0.241. The molecule has 0 amide bonds. The van der Waals surface area contributed by atoms with Crippen LogP contribution in [0.1, 0.15) is 42.0 Å². The number of hydrogen-bond acceptors (Lipinski definition) is 6. The number of benzene rings is 3. The van der Waals surface area contributed by atoms with E-state index in [0.717, 1.165) is 11.6 Å². The molecule has 0 aromatic heterocycles. The topological polar surface area (TPSA) is 91.0 Å². The first-order valence-corrected chi connectivity index (χ1v) is 10.8. The Hall–Kier alpha value is -4.47. The maximum atomic E-state index is 12.9. The van der Waals surface area contributed by atoms with Crippen molar-refractivity contribution in [2.75, 3.05) is 0 Å². The maximum Gasteiger partial charge on any atom is 0.416 e. The molecule has 36 heavy (non-hydrogen) atoms. The highest BCUT2D eigenvalue weighted by molar-refractivity contribution is 6.12. The van der Waals surface area contributed by atoms with E-state index in [9.17, 15) is 28.1 Å². The second kappa shape index (κ2) is 9.65. The van der Waals surface area contributed by atoms with Gasteiger partial charge in [-0.15, -0.1) is 0 Å². The van der Waals surface area contributed by atoms with Gasteiger partial charge in [0.05, 0.1) is 10.5 Å². The first-order chi connectivity index (χ1) is 17.0. The number of cyclic esters (lactones) is 1. The minimum absolute atomic E-state index is 0.0879. The van der Waals surface area contributed by atoms with E-state index in [1.54, 1.807) is 12.1 Å². The third kappa shape index (κ3) is 5.43. The molecule has 0 N–H and O–H groups in total. The molecule has 184 valence electrons. The van der Waals surface area contributed by atoms with Crippen molar-refractivity contribution in [2.24, 2.45) is 4.99 Å². The van der Waals surface area contributed by atoms with E-state index >= 15 is 0 Å². The third-order valence-corrected chi connectivity index (χ3v) is 5.34. The van der Waals surface area contributed by atoms with Crippen molar-refractivity contribution < 1.29 is 32.4 Å². The van der Waals surface area contributed by atoms with Gasteiger partial charge >= 0.3 is 17.8 Å². The van der Waals surface area contributed by atoms with E-state index in [2.05, 4.69) is 18.8 Å². The number of esters is 1. The number of ether oxygens (including phenoxy) is 2. The van der Waals surface area contributed by atoms with E-state index in [1.807, 2.05) is 24.3 Å². The molecule has 0 saturated carbocycles. The molecule has 0 spiro atoms. The third-order valence-electron chi connectivity index (χ3n) is 5.34. The van der Waals surface area contributed by atoms with Crippen LogP contribution in [0.5, 0.6) is 11.5 Å². The van der Waals surface area contributed by atoms with Crippen LogP contribution in [0.4, 0.5) is 18.9 Å². The summed E-state index contributed by atoms with van der Waals surface area (Å²) in [4.78, 5) is 26.8. The molecule has 0 unspecified atom stereocenters. The molecule has 0 aliphatic carbocycles. The number of carbonyl (C=O) groups is 1. The van der Waals surface area contributed by atoms with E-state index in [0.29, 0.717) is 29.2 Å².